The van der Waals surface area contributed by atoms with Crippen LogP contribution in [0.15, 0.2) is 29.4 Å². The van der Waals surface area contributed by atoms with E-state index in [1.54, 1.807) is 24.3 Å². The average molecular weight is 366 g/mol. The number of amides is 1. The van der Waals surface area contributed by atoms with Gasteiger partial charge in [0.05, 0.1) is 10.9 Å². The van der Waals surface area contributed by atoms with Crippen molar-refractivity contribution in [1.29, 1.82) is 0 Å². The van der Waals surface area contributed by atoms with E-state index in [4.69, 9.17) is 11.6 Å². The number of benzene rings is 1. The van der Waals surface area contributed by atoms with E-state index in [1.165, 1.54) is 11.6 Å². The highest BCUT2D eigenvalue weighted by molar-refractivity contribution is 8.00. The number of nitrogens with zero attached hydrogens (tertiary/aromatic N) is 4. The zero-order valence-electron chi connectivity index (χ0n) is 11.7. The summed E-state index contributed by atoms with van der Waals surface area (Å²) in [6, 6.07) is 6.65. The summed E-state index contributed by atoms with van der Waals surface area (Å²) in [5.74, 6) is -0.752. The largest absolute Gasteiger partial charge is 0.405 e. The van der Waals surface area contributed by atoms with Gasteiger partial charge in [0.1, 0.15) is 6.54 Å². The number of aromatic nitrogens is 4. The van der Waals surface area contributed by atoms with Gasteiger partial charge in [0.25, 0.3) is 0 Å². The normalized spacial score (nSPS) is 12.9. The molecule has 0 bridgehead atoms. The lowest BCUT2D eigenvalue weighted by Crippen LogP contribution is -2.38. The Bertz CT molecular complexity index is 676. The number of rotatable bonds is 5. The Balaban J connectivity index is 2.05. The van der Waals surface area contributed by atoms with Gasteiger partial charge in [-0.2, -0.15) is 17.9 Å². The van der Waals surface area contributed by atoms with Crippen molar-refractivity contribution in [3.8, 4) is 5.69 Å². The fourth-order valence-electron chi connectivity index (χ4n) is 1.54. The highest BCUT2D eigenvalue weighted by atomic mass is 35.5. The third kappa shape index (κ3) is 5.10. The van der Waals surface area contributed by atoms with E-state index in [-0.39, 0.29) is 5.16 Å². The Morgan fingerprint density at radius 2 is 2.04 bits per heavy atom. The van der Waals surface area contributed by atoms with Crippen LogP contribution in [0.1, 0.15) is 6.92 Å². The molecular formula is C12H11ClF3N5OS. The van der Waals surface area contributed by atoms with Crippen molar-refractivity contribution in [1.82, 2.24) is 25.5 Å². The molecular weight excluding hydrogens is 355 g/mol. The lowest BCUT2D eigenvalue weighted by Gasteiger charge is -2.13. The number of tetrazole rings is 1. The molecule has 1 heterocycles. The fraction of sp³-hybridized carbons (Fsp3) is 0.333. The molecule has 1 amide bonds. The van der Waals surface area contributed by atoms with E-state index in [0.717, 1.165) is 11.8 Å². The van der Waals surface area contributed by atoms with Gasteiger partial charge in [0, 0.05) is 5.02 Å². The molecule has 11 heteroatoms. The first kappa shape index (κ1) is 17.5. The number of hydrogen-bond acceptors (Lipinski definition) is 5. The molecule has 0 aliphatic rings. The second-order valence-corrected chi connectivity index (χ2v) is 6.19. The molecule has 23 heavy (non-hydrogen) atoms. The average Bonchev–Trinajstić information content (AvgIpc) is 2.93. The maximum absolute atomic E-state index is 12.1. The minimum absolute atomic E-state index is 0.280. The van der Waals surface area contributed by atoms with Crippen molar-refractivity contribution in [3.05, 3.63) is 29.3 Å². The Labute approximate surface area is 138 Å². The zero-order chi connectivity index (χ0) is 17.0. The van der Waals surface area contributed by atoms with Gasteiger partial charge >= 0.3 is 6.18 Å². The maximum Gasteiger partial charge on any atom is 0.405 e. The van der Waals surface area contributed by atoms with Gasteiger partial charge in [-0.3, -0.25) is 4.79 Å². The molecule has 6 nitrogen and oxygen atoms in total. The third-order valence-corrected chi connectivity index (χ3v) is 3.91. The van der Waals surface area contributed by atoms with E-state index < -0.39 is 23.9 Å². The molecule has 0 radical (unpaired) electrons. The summed E-state index contributed by atoms with van der Waals surface area (Å²) < 4.78 is 37.7. The van der Waals surface area contributed by atoms with Crippen molar-refractivity contribution in [2.75, 3.05) is 6.54 Å². The quantitative estimate of drug-likeness (QED) is 0.824. The molecule has 1 atom stereocenters. The minimum atomic E-state index is -4.45. The van der Waals surface area contributed by atoms with Crippen LogP contribution < -0.4 is 5.32 Å². The number of carbonyl (C=O) groups is 1. The van der Waals surface area contributed by atoms with Gasteiger partial charge in [-0.05, 0) is 41.6 Å². The molecule has 0 spiro atoms. The predicted octanol–water partition coefficient (Wildman–Crippen LogP) is 2.47. The summed E-state index contributed by atoms with van der Waals surface area (Å²) in [5.41, 5.74) is 0.616. The summed E-state index contributed by atoms with van der Waals surface area (Å²) in [6.07, 6.45) is -4.45. The van der Waals surface area contributed by atoms with E-state index in [2.05, 4.69) is 15.5 Å². The molecule has 0 saturated heterocycles. The predicted molar refractivity (Wildman–Crippen MR) is 78.5 cm³/mol. The smallest absolute Gasteiger partial charge is 0.346 e. The Hall–Kier alpha value is -1.81. The lowest BCUT2D eigenvalue weighted by atomic mass is 10.3. The van der Waals surface area contributed by atoms with Gasteiger partial charge in [-0.15, -0.1) is 5.10 Å². The van der Waals surface area contributed by atoms with Gasteiger partial charge in [0.2, 0.25) is 11.1 Å². The molecule has 2 aromatic rings. The summed E-state index contributed by atoms with van der Waals surface area (Å²) >= 11 is 6.75. The SMILES string of the molecule is C[C@@H](Sc1nnnn1-c1ccc(Cl)cc1)C(=O)NCC(F)(F)F. The van der Waals surface area contributed by atoms with Crippen LogP contribution in [-0.4, -0.2) is 44.1 Å². The Morgan fingerprint density at radius 1 is 1.39 bits per heavy atom. The standard InChI is InChI=1S/C12H11ClF3N5OS/c1-7(10(22)17-6-12(14,15)16)23-11-18-19-20-21(11)9-4-2-8(13)3-5-9/h2-5,7H,6H2,1H3,(H,17,22)/t7-/m1/s1. The lowest BCUT2D eigenvalue weighted by molar-refractivity contribution is -0.137. The summed E-state index contributed by atoms with van der Waals surface area (Å²) in [7, 11) is 0. The minimum Gasteiger partial charge on any atom is -0.346 e. The number of carbonyl (C=O) groups excluding carboxylic acids is 1. The highest BCUT2D eigenvalue weighted by Gasteiger charge is 2.29. The molecule has 1 N–H and O–H groups in total. The molecule has 2 rings (SSSR count). The fourth-order valence-corrected chi connectivity index (χ4v) is 2.50. The highest BCUT2D eigenvalue weighted by Crippen LogP contribution is 2.24. The summed E-state index contributed by atoms with van der Waals surface area (Å²) in [6.45, 7) is 0.0934. The van der Waals surface area contributed by atoms with Crippen molar-refractivity contribution in [2.24, 2.45) is 0 Å². The van der Waals surface area contributed by atoms with Crippen LogP contribution in [0, 0.1) is 0 Å². The third-order valence-electron chi connectivity index (χ3n) is 2.63. The summed E-state index contributed by atoms with van der Waals surface area (Å²) in [4.78, 5) is 11.7. The van der Waals surface area contributed by atoms with Crippen LogP contribution in [0.25, 0.3) is 5.69 Å². The molecule has 1 aromatic heterocycles. The van der Waals surface area contributed by atoms with Crippen molar-refractivity contribution in [3.63, 3.8) is 0 Å². The van der Waals surface area contributed by atoms with Gasteiger partial charge in [-0.25, -0.2) is 0 Å². The van der Waals surface area contributed by atoms with Crippen LogP contribution in [0.3, 0.4) is 0 Å². The molecule has 0 aliphatic carbocycles. The van der Waals surface area contributed by atoms with Gasteiger partial charge < -0.3 is 5.32 Å². The second kappa shape index (κ2) is 7.18. The van der Waals surface area contributed by atoms with Gasteiger partial charge in [0.15, 0.2) is 0 Å². The molecule has 0 aliphatic heterocycles. The molecule has 1 aromatic carbocycles. The molecule has 0 unspecified atom stereocenters. The van der Waals surface area contributed by atoms with Crippen LogP contribution >= 0.6 is 23.4 Å². The van der Waals surface area contributed by atoms with Crippen molar-refractivity contribution < 1.29 is 18.0 Å². The van der Waals surface area contributed by atoms with Crippen LogP contribution in [0.4, 0.5) is 13.2 Å². The number of halogens is 4. The first-order valence-corrected chi connectivity index (χ1v) is 7.57. The molecule has 0 saturated carbocycles. The van der Waals surface area contributed by atoms with Crippen LogP contribution in [-0.2, 0) is 4.79 Å². The molecule has 124 valence electrons. The number of hydrogen-bond donors (Lipinski definition) is 1. The maximum atomic E-state index is 12.1. The van der Waals surface area contributed by atoms with Crippen molar-refractivity contribution >= 4 is 29.3 Å². The van der Waals surface area contributed by atoms with Crippen LogP contribution in [0.2, 0.25) is 5.02 Å². The van der Waals surface area contributed by atoms with E-state index in [9.17, 15) is 18.0 Å². The van der Waals surface area contributed by atoms with Crippen LogP contribution in [0.5, 0.6) is 0 Å². The second-order valence-electron chi connectivity index (χ2n) is 4.44. The first-order chi connectivity index (χ1) is 10.8. The number of thioether (sulfide) groups is 1. The van der Waals surface area contributed by atoms with E-state index in [1.807, 2.05) is 5.32 Å². The Morgan fingerprint density at radius 3 is 2.65 bits per heavy atom. The van der Waals surface area contributed by atoms with Gasteiger partial charge in [-0.1, -0.05) is 23.4 Å². The number of nitrogens with one attached hydrogen (secondary N) is 1. The topological polar surface area (TPSA) is 72.7 Å². The Kier molecular flexibility index (Phi) is 5.47. The van der Waals surface area contributed by atoms with E-state index in [0.29, 0.717) is 10.7 Å². The molecule has 0 fully saturated rings. The number of alkyl halides is 3. The zero-order valence-corrected chi connectivity index (χ0v) is 13.3. The first-order valence-electron chi connectivity index (χ1n) is 6.32. The summed E-state index contributed by atoms with van der Waals surface area (Å²) in [5, 5.41) is 12.9. The van der Waals surface area contributed by atoms with E-state index >= 15 is 0 Å². The monoisotopic (exact) mass is 365 g/mol. The van der Waals surface area contributed by atoms with Crippen molar-refractivity contribution in [2.45, 2.75) is 23.5 Å².